The molecule has 2 unspecified atom stereocenters. The van der Waals surface area contributed by atoms with Gasteiger partial charge in [0.1, 0.15) is 0 Å². The molecule has 1 aromatic rings. The number of rotatable bonds is 5. The standard InChI is InChI=1S/C17H25NO2/c1-13-5-4-6-14(11-13)9-10-17(20)18-16-8-3-2-7-15(16)12-19/h4-6,11,15-16,19H,2-3,7-10,12H2,1H3,(H,18,20). The van der Waals surface area contributed by atoms with E-state index in [1.165, 1.54) is 17.5 Å². The zero-order valence-corrected chi connectivity index (χ0v) is 12.3. The Labute approximate surface area is 121 Å². The molecule has 2 rings (SSSR count). The Morgan fingerprint density at radius 3 is 2.90 bits per heavy atom. The topological polar surface area (TPSA) is 49.3 Å². The van der Waals surface area contributed by atoms with Crippen LogP contribution in [0.3, 0.4) is 0 Å². The van der Waals surface area contributed by atoms with Gasteiger partial charge in [0.2, 0.25) is 5.91 Å². The van der Waals surface area contributed by atoms with Gasteiger partial charge >= 0.3 is 0 Å². The van der Waals surface area contributed by atoms with Crippen LogP contribution in [0.5, 0.6) is 0 Å². The van der Waals surface area contributed by atoms with Crippen molar-refractivity contribution in [2.45, 2.75) is 51.5 Å². The summed E-state index contributed by atoms with van der Waals surface area (Å²) in [5.41, 5.74) is 2.44. The van der Waals surface area contributed by atoms with Crippen molar-refractivity contribution in [3.63, 3.8) is 0 Å². The number of benzene rings is 1. The van der Waals surface area contributed by atoms with E-state index in [1.807, 2.05) is 6.07 Å². The lowest BCUT2D eigenvalue weighted by molar-refractivity contribution is -0.122. The highest BCUT2D eigenvalue weighted by Crippen LogP contribution is 2.24. The molecule has 1 aliphatic carbocycles. The second-order valence-electron chi connectivity index (χ2n) is 5.89. The number of aliphatic hydroxyl groups is 1. The quantitative estimate of drug-likeness (QED) is 0.868. The summed E-state index contributed by atoms with van der Waals surface area (Å²) >= 11 is 0. The highest BCUT2D eigenvalue weighted by atomic mass is 16.3. The van der Waals surface area contributed by atoms with Gasteiger partial charge in [-0.1, -0.05) is 42.7 Å². The van der Waals surface area contributed by atoms with E-state index in [0.29, 0.717) is 6.42 Å². The average Bonchev–Trinajstić information content (AvgIpc) is 2.46. The van der Waals surface area contributed by atoms with E-state index < -0.39 is 0 Å². The van der Waals surface area contributed by atoms with E-state index in [-0.39, 0.29) is 24.5 Å². The van der Waals surface area contributed by atoms with E-state index >= 15 is 0 Å². The molecule has 110 valence electrons. The van der Waals surface area contributed by atoms with Crippen molar-refractivity contribution in [2.75, 3.05) is 6.61 Å². The number of amides is 1. The SMILES string of the molecule is Cc1cccc(CCC(=O)NC2CCCCC2CO)c1. The van der Waals surface area contributed by atoms with Crippen molar-refractivity contribution >= 4 is 5.91 Å². The van der Waals surface area contributed by atoms with Crippen molar-refractivity contribution in [3.8, 4) is 0 Å². The second-order valence-corrected chi connectivity index (χ2v) is 5.89. The summed E-state index contributed by atoms with van der Waals surface area (Å²) in [6.07, 6.45) is 5.66. The van der Waals surface area contributed by atoms with Crippen molar-refractivity contribution in [2.24, 2.45) is 5.92 Å². The molecule has 20 heavy (non-hydrogen) atoms. The highest BCUT2D eigenvalue weighted by Gasteiger charge is 2.25. The number of carbonyl (C=O) groups is 1. The van der Waals surface area contributed by atoms with Gasteiger partial charge in [-0.25, -0.2) is 0 Å². The minimum absolute atomic E-state index is 0.108. The van der Waals surface area contributed by atoms with Gasteiger partial charge in [-0.05, 0) is 31.7 Å². The van der Waals surface area contributed by atoms with Crippen LogP contribution in [-0.2, 0) is 11.2 Å². The zero-order valence-electron chi connectivity index (χ0n) is 12.3. The Bertz CT molecular complexity index is 444. The van der Waals surface area contributed by atoms with Gasteiger partial charge in [0.05, 0.1) is 0 Å². The van der Waals surface area contributed by atoms with Gasteiger partial charge < -0.3 is 10.4 Å². The summed E-state index contributed by atoms with van der Waals surface area (Å²) in [5, 5.41) is 12.5. The third-order valence-corrected chi connectivity index (χ3v) is 4.21. The van der Waals surface area contributed by atoms with Crippen LogP contribution >= 0.6 is 0 Å². The van der Waals surface area contributed by atoms with E-state index in [0.717, 1.165) is 25.7 Å². The van der Waals surface area contributed by atoms with Crippen molar-refractivity contribution < 1.29 is 9.90 Å². The van der Waals surface area contributed by atoms with Gasteiger partial charge in [-0.2, -0.15) is 0 Å². The molecule has 1 aliphatic rings. The predicted molar refractivity (Wildman–Crippen MR) is 80.5 cm³/mol. The maximum Gasteiger partial charge on any atom is 0.220 e. The first-order valence-electron chi connectivity index (χ1n) is 7.65. The molecule has 0 aromatic heterocycles. The monoisotopic (exact) mass is 275 g/mol. The maximum absolute atomic E-state index is 12.0. The molecule has 0 bridgehead atoms. The number of aliphatic hydroxyl groups excluding tert-OH is 1. The first-order chi connectivity index (χ1) is 9.69. The largest absolute Gasteiger partial charge is 0.396 e. The Morgan fingerprint density at radius 1 is 1.35 bits per heavy atom. The Hall–Kier alpha value is -1.35. The van der Waals surface area contributed by atoms with E-state index in [9.17, 15) is 9.90 Å². The lowest BCUT2D eigenvalue weighted by atomic mass is 9.85. The fourth-order valence-electron chi connectivity index (χ4n) is 3.02. The van der Waals surface area contributed by atoms with E-state index in [4.69, 9.17) is 0 Å². The summed E-state index contributed by atoms with van der Waals surface area (Å²) in [5.74, 6) is 0.350. The smallest absolute Gasteiger partial charge is 0.220 e. The number of aryl methyl sites for hydroxylation is 2. The van der Waals surface area contributed by atoms with Crippen LogP contribution < -0.4 is 5.32 Å². The van der Waals surface area contributed by atoms with Gasteiger partial charge in [-0.3, -0.25) is 4.79 Å². The van der Waals surface area contributed by atoms with Crippen LogP contribution in [0.1, 0.15) is 43.2 Å². The molecule has 1 fully saturated rings. The first-order valence-corrected chi connectivity index (χ1v) is 7.65. The van der Waals surface area contributed by atoms with Gasteiger partial charge in [0, 0.05) is 25.0 Å². The molecule has 0 radical (unpaired) electrons. The number of hydrogen-bond donors (Lipinski definition) is 2. The van der Waals surface area contributed by atoms with Crippen LogP contribution in [0.25, 0.3) is 0 Å². The molecule has 1 aromatic carbocycles. The van der Waals surface area contributed by atoms with Crippen LogP contribution in [0.4, 0.5) is 0 Å². The Balaban J connectivity index is 1.80. The highest BCUT2D eigenvalue weighted by molar-refractivity contribution is 5.76. The number of hydrogen-bond acceptors (Lipinski definition) is 2. The first kappa shape index (κ1) is 15.0. The van der Waals surface area contributed by atoms with Gasteiger partial charge in [0.25, 0.3) is 0 Å². The summed E-state index contributed by atoms with van der Waals surface area (Å²) in [7, 11) is 0. The summed E-state index contributed by atoms with van der Waals surface area (Å²) in [6.45, 7) is 2.25. The lowest BCUT2D eigenvalue weighted by Crippen LogP contribution is -2.43. The summed E-state index contributed by atoms with van der Waals surface area (Å²) in [4.78, 5) is 12.0. The molecular weight excluding hydrogens is 250 g/mol. The Kier molecular flexibility index (Phi) is 5.60. The van der Waals surface area contributed by atoms with E-state index in [2.05, 4.69) is 30.4 Å². The van der Waals surface area contributed by atoms with Crippen molar-refractivity contribution in [3.05, 3.63) is 35.4 Å². The fraction of sp³-hybridized carbons (Fsp3) is 0.588. The van der Waals surface area contributed by atoms with Crippen LogP contribution in [0.2, 0.25) is 0 Å². The molecule has 0 saturated heterocycles. The molecule has 3 heteroatoms. The minimum atomic E-state index is 0.108. The fourth-order valence-corrected chi connectivity index (χ4v) is 3.02. The molecule has 1 saturated carbocycles. The maximum atomic E-state index is 12.0. The molecule has 0 aliphatic heterocycles. The second kappa shape index (κ2) is 7.44. The van der Waals surface area contributed by atoms with Crippen molar-refractivity contribution in [1.82, 2.24) is 5.32 Å². The molecule has 0 heterocycles. The van der Waals surface area contributed by atoms with Crippen LogP contribution in [-0.4, -0.2) is 23.7 Å². The lowest BCUT2D eigenvalue weighted by Gasteiger charge is -2.30. The third kappa shape index (κ3) is 4.34. The third-order valence-electron chi connectivity index (χ3n) is 4.21. The Morgan fingerprint density at radius 2 is 2.15 bits per heavy atom. The molecular formula is C17H25NO2. The molecule has 0 spiro atoms. The van der Waals surface area contributed by atoms with Crippen molar-refractivity contribution in [1.29, 1.82) is 0 Å². The van der Waals surface area contributed by atoms with Crippen LogP contribution in [0, 0.1) is 12.8 Å². The van der Waals surface area contributed by atoms with Crippen LogP contribution in [0.15, 0.2) is 24.3 Å². The van der Waals surface area contributed by atoms with E-state index in [1.54, 1.807) is 0 Å². The molecule has 3 nitrogen and oxygen atoms in total. The zero-order chi connectivity index (χ0) is 14.4. The number of carbonyl (C=O) groups excluding carboxylic acids is 1. The normalized spacial score (nSPS) is 22.5. The average molecular weight is 275 g/mol. The molecule has 2 atom stereocenters. The van der Waals surface area contributed by atoms with Gasteiger partial charge in [0.15, 0.2) is 0 Å². The molecule has 1 amide bonds. The van der Waals surface area contributed by atoms with Gasteiger partial charge in [-0.15, -0.1) is 0 Å². The minimum Gasteiger partial charge on any atom is -0.396 e. The summed E-state index contributed by atoms with van der Waals surface area (Å²) < 4.78 is 0. The summed E-state index contributed by atoms with van der Waals surface area (Å²) in [6, 6.07) is 8.46. The predicted octanol–water partition coefficient (Wildman–Crippen LogP) is 2.59. The number of nitrogens with one attached hydrogen (secondary N) is 1. The molecule has 2 N–H and O–H groups in total.